The molecule has 0 N–H and O–H groups in total. The van der Waals surface area contributed by atoms with Gasteiger partial charge in [0.2, 0.25) is 0 Å². The van der Waals surface area contributed by atoms with E-state index < -0.39 is 21.7 Å². The molecule has 0 fully saturated rings. The van der Waals surface area contributed by atoms with E-state index in [9.17, 15) is 0 Å². The minimum atomic E-state index is -5.62. The third-order valence-electron chi connectivity index (χ3n) is 0. The molecule has 0 aromatic carbocycles. The van der Waals surface area contributed by atoms with Gasteiger partial charge in [0.25, 0.3) is 0 Å². The first-order valence-electron chi connectivity index (χ1n) is 1.03. The monoisotopic (exact) mass is 183 g/mol. The third-order valence-corrected chi connectivity index (χ3v) is 0. The molecule has 0 heterocycles. The molecule has 8 heteroatoms. The van der Waals surface area contributed by atoms with Gasteiger partial charge in [-0.3, -0.25) is 0 Å². The Morgan fingerprint density at radius 2 is 1.12 bits per heavy atom. The van der Waals surface area contributed by atoms with Gasteiger partial charge in [-0.25, -0.2) is 9.13 Å². The van der Waals surface area contributed by atoms with Gasteiger partial charge in [0.05, 0.1) is 0 Å². The van der Waals surface area contributed by atoms with E-state index in [1.54, 1.807) is 0 Å². The number of rotatable bonds is 0. The van der Waals surface area contributed by atoms with Crippen LogP contribution in [0.25, 0.3) is 0 Å². The Labute approximate surface area is 47.7 Å². The van der Waals surface area contributed by atoms with Gasteiger partial charge in [-0.15, -0.1) is 0 Å². The second kappa shape index (κ2) is 5.08. The fraction of sp³-hybridized carbons (Fsp3) is 0. The Kier molecular flexibility index (Phi) is 6.89. The van der Waals surface area contributed by atoms with Crippen molar-refractivity contribution in [3.05, 3.63) is 0 Å². The SMILES string of the molecule is O=[PH]=O.[O]=[Mn](=[O])([O-])[O-]. The summed E-state index contributed by atoms with van der Waals surface area (Å²) in [5.41, 5.74) is 0. The molecule has 0 bridgehead atoms. The zero-order valence-electron chi connectivity index (χ0n) is 3.33. The first-order valence-corrected chi connectivity index (χ1v) is 3.77. The molecule has 0 amide bonds. The van der Waals surface area contributed by atoms with Crippen LogP contribution in [0.15, 0.2) is 0 Å². The van der Waals surface area contributed by atoms with Gasteiger partial charge in [-0.2, -0.15) is 0 Å². The normalized spacial score (nSPS) is 8.75. The van der Waals surface area contributed by atoms with E-state index in [4.69, 9.17) is 25.2 Å². The van der Waals surface area contributed by atoms with E-state index in [2.05, 4.69) is 0 Å². The molecular formula is HMnO6P-2. The van der Waals surface area contributed by atoms with Crippen molar-refractivity contribution in [2.24, 2.45) is 0 Å². The first-order chi connectivity index (χ1) is 3.41. The van der Waals surface area contributed by atoms with Crippen LogP contribution in [0.2, 0.25) is 0 Å². The minimum absolute atomic E-state index is 1.42. The summed E-state index contributed by atoms with van der Waals surface area (Å²) in [6, 6.07) is 0. The van der Waals surface area contributed by atoms with Gasteiger partial charge in [0.1, 0.15) is 0 Å². The standard InChI is InChI=1S/Mn.HO2P.4O/c;1-3-2;;;;/h;3H;;;;/q;;;;2*-1. The van der Waals surface area contributed by atoms with E-state index in [-0.39, 0.29) is 0 Å². The topological polar surface area (TPSA) is 114 Å². The Bertz CT molecular complexity index is 149. The van der Waals surface area contributed by atoms with Crippen molar-refractivity contribution >= 4 is 8.34 Å². The Morgan fingerprint density at radius 3 is 1.12 bits per heavy atom. The predicted octanol–water partition coefficient (Wildman–Crippen LogP) is -2.26. The second-order valence-electron chi connectivity index (χ2n) is 0.461. The summed E-state index contributed by atoms with van der Waals surface area (Å²) < 4.78 is 51.1. The summed E-state index contributed by atoms with van der Waals surface area (Å²) in [7, 11) is -1.42. The van der Waals surface area contributed by atoms with Gasteiger partial charge in [0.15, 0.2) is 0 Å². The van der Waals surface area contributed by atoms with E-state index in [1.165, 1.54) is 0 Å². The van der Waals surface area contributed by atoms with Crippen molar-refractivity contribution < 1.29 is 38.5 Å². The van der Waals surface area contributed by atoms with Crippen LogP contribution in [0.1, 0.15) is 0 Å². The molecule has 0 aliphatic heterocycles. The summed E-state index contributed by atoms with van der Waals surface area (Å²) >= 11 is -5.62. The van der Waals surface area contributed by atoms with Crippen LogP contribution in [0, 0.1) is 0 Å². The molecule has 8 heavy (non-hydrogen) atoms. The van der Waals surface area contributed by atoms with Crippen LogP contribution in [-0.2, 0) is 30.2 Å². The molecule has 0 radical (unpaired) electrons. The van der Waals surface area contributed by atoms with E-state index in [0.717, 1.165) is 0 Å². The van der Waals surface area contributed by atoms with Crippen molar-refractivity contribution in [1.29, 1.82) is 0 Å². The van der Waals surface area contributed by atoms with Crippen molar-refractivity contribution in [2.45, 2.75) is 0 Å². The predicted molar refractivity (Wildman–Crippen MR) is 11.1 cm³/mol. The van der Waals surface area contributed by atoms with Crippen LogP contribution >= 0.6 is 8.34 Å². The second-order valence-corrected chi connectivity index (χ2v) is 1.81. The molecule has 6 nitrogen and oxygen atoms in total. The Hall–Kier alpha value is -0.0605. The van der Waals surface area contributed by atoms with Crippen LogP contribution in [0.5, 0.6) is 0 Å². The molecule has 0 saturated carbocycles. The number of hydrogen-bond donors (Lipinski definition) is 0. The number of hydrogen-bond acceptors (Lipinski definition) is 6. The summed E-state index contributed by atoms with van der Waals surface area (Å²) in [6.07, 6.45) is 0. The van der Waals surface area contributed by atoms with E-state index >= 15 is 0 Å². The van der Waals surface area contributed by atoms with E-state index in [1.807, 2.05) is 0 Å². The molecule has 0 atom stereocenters. The van der Waals surface area contributed by atoms with Gasteiger partial charge in [-0.05, 0) is 0 Å². The molecule has 0 aromatic heterocycles. The van der Waals surface area contributed by atoms with Crippen LogP contribution in [-0.4, -0.2) is 0 Å². The maximum absolute atomic E-state index is 8.58. The summed E-state index contributed by atoms with van der Waals surface area (Å²) in [5.74, 6) is 0. The fourth-order valence-corrected chi connectivity index (χ4v) is 0. The van der Waals surface area contributed by atoms with Gasteiger partial charge < -0.3 is 0 Å². The van der Waals surface area contributed by atoms with E-state index in [0.29, 0.717) is 0 Å². The third kappa shape index (κ3) is 39600. The summed E-state index contributed by atoms with van der Waals surface area (Å²) in [6.45, 7) is 0. The van der Waals surface area contributed by atoms with Gasteiger partial charge >= 0.3 is 37.8 Å². The Morgan fingerprint density at radius 1 is 1.12 bits per heavy atom. The van der Waals surface area contributed by atoms with Crippen molar-refractivity contribution in [3.63, 3.8) is 0 Å². The van der Waals surface area contributed by atoms with Crippen molar-refractivity contribution in [2.75, 3.05) is 0 Å². The van der Waals surface area contributed by atoms with Crippen LogP contribution in [0.4, 0.5) is 0 Å². The van der Waals surface area contributed by atoms with Crippen LogP contribution < -0.4 is 8.38 Å². The molecule has 0 spiro atoms. The molecular weight excluding hydrogens is 182 g/mol. The van der Waals surface area contributed by atoms with Crippen molar-refractivity contribution in [3.8, 4) is 0 Å². The van der Waals surface area contributed by atoms with Crippen molar-refractivity contribution in [1.82, 2.24) is 0 Å². The molecule has 0 saturated heterocycles. The molecule has 0 aliphatic rings. The summed E-state index contributed by atoms with van der Waals surface area (Å²) in [5, 5.41) is 0. The molecule has 51 valence electrons. The molecule has 0 rings (SSSR count). The molecule has 0 unspecified atom stereocenters. The molecule has 0 aromatic rings. The average Bonchev–Trinajstić information content (AvgIpc) is 1.27. The zero-order chi connectivity index (χ0) is 7.21. The fourth-order valence-electron chi connectivity index (χ4n) is 0. The quantitative estimate of drug-likeness (QED) is 0.309. The molecule has 0 aliphatic carbocycles. The maximum atomic E-state index is 8.58. The summed E-state index contributed by atoms with van der Waals surface area (Å²) in [4.78, 5) is 0. The zero-order valence-corrected chi connectivity index (χ0v) is 5.51. The Balaban J connectivity index is 0. The van der Waals surface area contributed by atoms with Crippen LogP contribution in [0.3, 0.4) is 0 Å². The average molecular weight is 183 g/mol. The first kappa shape index (κ1) is 10.8. The van der Waals surface area contributed by atoms with Gasteiger partial charge in [-0.1, -0.05) is 0 Å². The van der Waals surface area contributed by atoms with Gasteiger partial charge in [0, 0.05) is 0 Å².